The van der Waals surface area contributed by atoms with Crippen molar-refractivity contribution in [3.05, 3.63) is 12.2 Å². The van der Waals surface area contributed by atoms with Crippen LogP contribution in [0.25, 0.3) is 0 Å². The van der Waals surface area contributed by atoms with E-state index in [1.54, 1.807) is 7.05 Å². The van der Waals surface area contributed by atoms with Gasteiger partial charge in [-0.25, -0.2) is 0 Å². The van der Waals surface area contributed by atoms with Crippen molar-refractivity contribution >= 4 is 17.7 Å². The molecule has 0 saturated carbocycles. The highest BCUT2D eigenvalue weighted by Gasteiger charge is 2.58. The number of likely N-dealkylation sites (tertiary alicyclic amines) is 1. The average molecular weight is 380 g/mol. The topological polar surface area (TPSA) is 98.7 Å². The van der Waals surface area contributed by atoms with Gasteiger partial charge in [-0.1, -0.05) is 26.0 Å². The molecule has 7 nitrogen and oxygen atoms in total. The van der Waals surface area contributed by atoms with E-state index in [4.69, 9.17) is 0 Å². The summed E-state index contributed by atoms with van der Waals surface area (Å²) in [5.74, 6) is -2.10. The van der Waals surface area contributed by atoms with E-state index >= 15 is 0 Å². The average Bonchev–Trinajstić information content (AvgIpc) is 2.94. The number of carbonyl (C=O) groups is 3. The van der Waals surface area contributed by atoms with Crippen LogP contribution < -0.4 is 10.6 Å². The first-order valence-electron chi connectivity index (χ1n) is 9.95. The molecule has 0 aromatic heterocycles. The first kappa shape index (κ1) is 21.4. The molecule has 7 heteroatoms. The molecule has 6 atom stereocenters. The van der Waals surface area contributed by atoms with Gasteiger partial charge in [-0.15, -0.1) is 0 Å². The van der Waals surface area contributed by atoms with Gasteiger partial charge in [0.15, 0.2) is 0 Å². The van der Waals surface area contributed by atoms with Crippen LogP contribution in [-0.2, 0) is 14.4 Å². The molecule has 0 bridgehead atoms. The van der Waals surface area contributed by atoms with E-state index in [0.29, 0.717) is 6.42 Å². The number of allylic oxidation sites excluding steroid dienone is 1. The van der Waals surface area contributed by atoms with Crippen molar-refractivity contribution in [2.75, 3.05) is 13.7 Å². The zero-order chi connectivity index (χ0) is 20.3. The number of hydrogen-bond acceptors (Lipinski definition) is 4. The van der Waals surface area contributed by atoms with Crippen LogP contribution in [0.1, 0.15) is 40.5 Å². The highest BCUT2D eigenvalue weighted by Crippen LogP contribution is 2.45. The molecule has 27 heavy (non-hydrogen) atoms. The molecule has 0 spiro atoms. The molecule has 3 N–H and O–H groups in total. The smallest absolute Gasteiger partial charge is 0.243 e. The Hall–Kier alpha value is -1.89. The van der Waals surface area contributed by atoms with Crippen molar-refractivity contribution in [3.8, 4) is 0 Å². The fourth-order valence-electron chi connectivity index (χ4n) is 4.54. The van der Waals surface area contributed by atoms with Crippen molar-refractivity contribution in [1.29, 1.82) is 0 Å². The molecule has 1 fully saturated rings. The van der Waals surface area contributed by atoms with E-state index in [-0.39, 0.29) is 42.2 Å². The van der Waals surface area contributed by atoms with Crippen LogP contribution >= 0.6 is 0 Å². The SMILES string of the molecule is CC[C@@H](CO)N1C(=O)[C@@H]2[C@H](C=C[C@@H](CC)[C@H]2C(=O)NC)[C@H]1C(=O)NC(C)C. The number of nitrogens with zero attached hydrogens (tertiary/aromatic N) is 1. The molecule has 1 aliphatic heterocycles. The van der Waals surface area contributed by atoms with Crippen LogP contribution in [0.4, 0.5) is 0 Å². The van der Waals surface area contributed by atoms with Crippen molar-refractivity contribution in [1.82, 2.24) is 15.5 Å². The van der Waals surface area contributed by atoms with Gasteiger partial charge in [-0.2, -0.15) is 0 Å². The van der Waals surface area contributed by atoms with Gasteiger partial charge < -0.3 is 20.6 Å². The number of nitrogens with one attached hydrogen (secondary N) is 2. The lowest BCUT2D eigenvalue weighted by molar-refractivity contribution is -0.143. The maximum Gasteiger partial charge on any atom is 0.243 e. The first-order valence-corrected chi connectivity index (χ1v) is 9.95. The summed E-state index contributed by atoms with van der Waals surface area (Å²) in [5, 5.41) is 15.4. The van der Waals surface area contributed by atoms with E-state index in [2.05, 4.69) is 10.6 Å². The van der Waals surface area contributed by atoms with E-state index < -0.39 is 23.9 Å². The second-order valence-corrected chi connectivity index (χ2v) is 7.80. The highest BCUT2D eigenvalue weighted by atomic mass is 16.3. The predicted molar refractivity (Wildman–Crippen MR) is 103 cm³/mol. The third kappa shape index (κ3) is 3.88. The second-order valence-electron chi connectivity index (χ2n) is 7.80. The Balaban J connectivity index is 2.52. The monoisotopic (exact) mass is 379 g/mol. The molecular weight excluding hydrogens is 346 g/mol. The second kappa shape index (κ2) is 8.87. The number of aliphatic hydroxyl groups is 1. The number of aliphatic hydroxyl groups excluding tert-OH is 1. The lowest BCUT2D eigenvalue weighted by Crippen LogP contribution is -2.53. The Labute approximate surface area is 161 Å². The van der Waals surface area contributed by atoms with Crippen LogP contribution in [0.5, 0.6) is 0 Å². The molecule has 0 radical (unpaired) electrons. The summed E-state index contributed by atoms with van der Waals surface area (Å²) in [6, 6.07) is -1.21. The van der Waals surface area contributed by atoms with Crippen molar-refractivity contribution in [2.45, 2.75) is 58.7 Å². The molecule has 1 saturated heterocycles. The lowest BCUT2D eigenvalue weighted by Gasteiger charge is -2.34. The number of amides is 3. The van der Waals surface area contributed by atoms with Gasteiger partial charge in [0.1, 0.15) is 6.04 Å². The fraction of sp³-hybridized carbons (Fsp3) is 0.750. The minimum Gasteiger partial charge on any atom is -0.394 e. The van der Waals surface area contributed by atoms with Crippen molar-refractivity contribution in [3.63, 3.8) is 0 Å². The van der Waals surface area contributed by atoms with Gasteiger partial charge in [0.2, 0.25) is 17.7 Å². The Kier molecular flexibility index (Phi) is 7.03. The largest absolute Gasteiger partial charge is 0.394 e. The van der Waals surface area contributed by atoms with E-state index in [0.717, 1.165) is 6.42 Å². The molecule has 0 aromatic rings. The highest BCUT2D eigenvalue weighted by molar-refractivity contribution is 5.97. The normalized spacial score (nSPS) is 31.0. The lowest BCUT2D eigenvalue weighted by atomic mass is 9.69. The van der Waals surface area contributed by atoms with E-state index in [1.165, 1.54) is 4.90 Å². The first-order chi connectivity index (χ1) is 12.8. The minimum absolute atomic E-state index is 0.0434. The van der Waals surface area contributed by atoms with Crippen LogP contribution in [0.3, 0.4) is 0 Å². The minimum atomic E-state index is -0.705. The maximum absolute atomic E-state index is 13.4. The summed E-state index contributed by atoms with van der Waals surface area (Å²) in [7, 11) is 1.57. The van der Waals surface area contributed by atoms with E-state index in [1.807, 2.05) is 39.8 Å². The van der Waals surface area contributed by atoms with Crippen molar-refractivity contribution in [2.24, 2.45) is 23.7 Å². The van der Waals surface area contributed by atoms with Gasteiger partial charge in [0.25, 0.3) is 0 Å². The molecule has 152 valence electrons. The summed E-state index contributed by atoms with van der Waals surface area (Å²) >= 11 is 0. The van der Waals surface area contributed by atoms with E-state index in [9.17, 15) is 19.5 Å². The third-order valence-corrected chi connectivity index (χ3v) is 5.84. The Morgan fingerprint density at radius 1 is 1.22 bits per heavy atom. The van der Waals surface area contributed by atoms with Crippen LogP contribution in [0, 0.1) is 23.7 Å². The molecule has 0 unspecified atom stereocenters. The molecule has 2 rings (SSSR count). The molecular formula is C20H33N3O4. The predicted octanol–water partition coefficient (Wildman–Crippen LogP) is 0.683. The number of fused-ring (bicyclic) bond motifs is 1. The Bertz CT molecular complexity index is 600. The standard InChI is InChI=1S/C20H33N3O4/c1-6-12-8-9-14-16(15(12)18(25)21-5)20(27)23(13(7-2)10-24)17(14)19(26)22-11(3)4/h8-9,11-17,24H,6-7,10H2,1-5H3,(H,21,25)(H,22,26)/t12-,13+,14+,15-,16-,17+/m1/s1. The number of hydrogen-bond donors (Lipinski definition) is 3. The van der Waals surface area contributed by atoms with Crippen LogP contribution in [0.2, 0.25) is 0 Å². The molecule has 1 heterocycles. The molecule has 3 amide bonds. The molecule has 1 aliphatic carbocycles. The zero-order valence-corrected chi connectivity index (χ0v) is 16.9. The van der Waals surface area contributed by atoms with Crippen molar-refractivity contribution < 1.29 is 19.5 Å². The van der Waals surface area contributed by atoms with Gasteiger partial charge >= 0.3 is 0 Å². The number of carbonyl (C=O) groups excluding carboxylic acids is 3. The summed E-state index contributed by atoms with van der Waals surface area (Å²) in [5.41, 5.74) is 0. The fourth-order valence-corrected chi connectivity index (χ4v) is 4.54. The zero-order valence-electron chi connectivity index (χ0n) is 16.9. The Morgan fingerprint density at radius 3 is 2.37 bits per heavy atom. The van der Waals surface area contributed by atoms with Crippen LogP contribution in [-0.4, -0.2) is 59.5 Å². The summed E-state index contributed by atoms with van der Waals surface area (Å²) in [6.45, 7) is 7.41. The summed E-state index contributed by atoms with van der Waals surface area (Å²) in [4.78, 5) is 40.6. The van der Waals surface area contributed by atoms with Gasteiger partial charge in [-0.05, 0) is 32.6 Å². The Morgan fingerprint density at radius 2 is 1.89 bits per heavy atom. The quantitative estimate of drug-likeness (QED) is 0.567. The maximum atomic E-state index is 13.4. The van der Waals surface area contributed by atoms with Gasteiger partial charge in [0, 0.05) is 19.0 Å². The summed E-state index contributed by atoms with van der Waals surface area (Å²) < 4.78 is 0. The summed E-state index contributed by atoms with van der Waals surface area (Å²) in [6.07, 6.45) is 5.20. The van der Waals surface area contributed by atoms with Gasteiger partial charge in [-0.3, -0.25) is 14.4 Å². The molecule has 2 aliphatic rings. The third-order valence-electron chi connectivity index (χ3n) is 5.84. The molecule has 0 aromatic carbocycles. The van der Waals surface area contributed by atoms with Crippen LogP contribution in [0.15, 0.2) is 12.2 Å². The van der Waals surface area contributed by atoms with Gasteiger partial charge in [0.05, 0.1) is 24.5 Å². The number of rotatable bonds is 7.